The van der Waals surface area contributed by atoms with Crippen LogP contribution in [0.4, 0.5) is 0 Å². The van der Waals surface area contributed by atoms with E-state index in [0.29, 0.717) is 18.3 Å². The second-order valence-corrected chi connectivity index (χ2v) is 3.43. The molecule has 0 aromatic carbocycles. The lowest BCUT2D eigenvalue weighted by molar-refractivity contribution is 0.0691. The second-order valence-electron chi connectivity index (χ2n) is 3.43. The fraction of sp³-hybridized carbons (Fsp3) is 0.400. The van der Waals surface area contributed by atoms with Crippen molar-refractivity contribution in [1.82, 2.24) is 4.98 Å². The van der Waals surface area contributed by atoms with Gasteiger partial charge in [-0.25, -0.2) is 4.79 Å². The molecule has 1 N–H and O–H groups in total. The molecule has 1 heterocycles. The zero-order valence-electron chi connectivity index (χ0n) is 7.64. The highest BCUT2D eigenvalue weighted by atomic mass is 16.5. The summed E-state index contributed by atoms with van der Waals surface area (Å²) in [5, 5.41) is 8.83. The molecule has 1 saturated carbocycles. The van der Waals surface area contributed by atoms with Crippen molar-refractivity contribution in [3.8, 4) is 5.75 Å². The number of aromatic nitrogens is 1. The van der Waals surface area contributed by atoms with E-state index >= 15 is 0 Å². The van der Waals surface area contributed by atoms with Crippen LogP contribution in [0, 0.1) is 5.92 Å². The Hall–Kier alpha value is -1.58. The topological polar surface area (TPSA) is 59.4 Å². The van der Waals surface area contributed by atoms with E-state index in [0.717, 1.165) is 0 Å². The van der Waals surface area contributed by atoms with Crippen LogP contribution in [0.2, 0.25) is 0 Å². The molecule has 0 spiro atoms. The monoisotopic (exact) mass is 193 g/mol. The highest BCUT2D eigenvalue weighted by Crippen LogP contribution is 2.30. The molecular weight excluding hydrogens is 182 g/mol. The fourth-order valence-electron chi connectivity index (χ4n) is 1.16. The average Bonchev–Trinajstić information content (AvgIpc) is 2.98. The van der Waals surface area contributed by atoms with Gasteiger partial charge < -0.3 is 9.84 Å². The first-order valence-electron chi connectivity index (χ1n) is 4.57. The quantitative estimate of drug-likeness (QED) is 0.788. The van der Waals surface area contributed by atoms with Gasteiger partial charge in [0.25, 0.3) is 0 Å². The molecule has 74 valence electrons. The van der Waals surface area contributed by atoms with Crippen molar-refractivity contribution in [3.63, 3.8) is 0 Å². The van der Waals surface area contributed by atoms with Crippen LogP contribution in [0.3, 0.4) is 0 Å². The third-order valence-electron chi connectivity index (χ3n) is 2.18. The van der Waals surface area contributed by atoms with Gasteiger partial charge in [0.1, 0.15) is 11.3 Å². The Morgan fingerprint density at radius 2 is 2.43 bits per heavy atom. The lowest BCUT2D eigenvalue weighted by Crippen LogP contribution is -2.05. The number of pyridine rings is 1. The van der Waals surface area contributed by atoms with E-state index in [1.807, 2.05) is 0 Å². The molecule has 4 heteroatoms. The molecule has 1 aliphatic rings. The number of carboxylic acid groups (broad SMARTS) is 1. The van der Waals surface area contributed by atoms with E-state index in [9.17, 15) is 4.79 Å². The predicted octanol–water partition coefficient (Wildman–Crippen LogP) is 1.57. The molecule has 2 rings (SSSR count). The number of aromatic carboxylic acids is 1. The highest BCUT2D eigenvalue weighted by molar-refractivity contribution is 5.90. The van der Waals surface area contributed by atoms with Gasteiger partial charge in [-0.2, -0.15) is 0 Å². The first-order valence-corrected chi connectivity index (χ1v) is 4.57. The number of nitrogens with zero attached hydrogens (tertiary/aromatic N) is 1. The van der Waals surface area contributed by atoms with Crippen molar-refractivity contribution in [2.75, 3.05) is 6.61 Å². The van der Waals surface area contributed by atoms with E-state index in [1.54, 1.807) is 6.07 Å². The standard InChI is InChI=1S/C10H11NO3/c12-10(13)8-5-11-4-3-9(8)14-6-7-1-2-7/h3-5,7H,1-2,6H2,(H,12,13). The van der Waals surface area contributed by atoms with Crippen LogP contribution in [0.5, 0.6) is 5.75 Å². The van der Waals surface area contributed by atoms with E-state index < -0.39 is 5.97 Å². The molecule has 0 unspecified atom stereocenters. The molecule has 14 heavy (non-hydrogen) atoms. The summed E-state index contributed by atoms with van der Waals surface area (Å²) in [6.07, 6.45) is 5.22. The molecular formula is C10H11NO3. The minimum absolute atomic E-state index is 0.133. The Bertz CT molecular complexity index is 347. The number of carbonyl (C=O) groups is 1. The smallest absolute Gasteiger partial charge is 0.341 e. The molecule has 4 nitrogen and oxygen atoms in total. The van der Waals surface area contributed by atoms with E-state index in [-0.39, 0.29) is 5.56 Å². The maximum Gasteiger partial charge on any atom is 0.341 e. The third kappa shape index (κ3) is 2.02. The molecule has 1 aliphatic carbocycles. The Kier molecular flexibility index (Phi) is 2.35. The summed E-state index contributed by atoms with van der Waals surface area (Å²) in [7, 11) is 0. The lowest BCUT2D eigenvalue weighted by Gasteiger charge is -2.06. The van der Waals surface area contributed by atoms with Crippen molar-refractivity contribution in [1.29, 1.82) is 0 Å². The van der Waals surface area contributed by atoms with Crippen LogP contribution in [0.25, 0.3) is 0 Å². The van der Waals surface area contributed by atoms with Crippen LogP contribution in [-0.4, -0.2) is 22.7 Å². The minimum atomic E-state index is -0.996. The number of carboxylic acids is 1. The van der Waals surface area contributed by atoms with Gasteiger partial charge in [0.05, 0.1) is 6.61 Å². The maximum absolute atomic E-state index is 10.8. The van der Waals surface area contributed by atoms with Gasteiger partial charge >= 0.3 is 5.97 Å². The summed E-state index contributed by atoms with van der Waals surface area (Å²) in [6, 6.07) is 1.59. The largest absolute Gasteiger partial charge is 0.492 e. The number of hydrogen-bond acceptors (Lipinski definition) is 3. The zero-order chi connectivity index (χ0) is 9.97. The van der Waals surface area contributed by atoms with Gasteiger partial charge in [0.15, 0.2) is 0 Å². The lowest BCUT2D eigenvalue weighted by atomic mass is 10.2. The van der Waals surface area contributed by atoms with Crippen LogP contribution in [0.15, 0.2) is 18.5 Å². The Balaban J connectivity index is 2.09. The third-order valence-corrected chi connectivity index (χ3v) is 2.18. The van der Waals surface area contributed by atoms with Gasteiger partial charge in [-0.1, -0.05) is 0 Å². The summed E-state index contributed by atoms with van der Waals surface area (Å²) in [5.41, 5.74) is 0.133. The number of ether oxygens (including phenoxy) is 1. The highest BCUT2D eigenvalue weighted by Gasteiger charge is 2.22. The van der Waals surface area contributed by atoms with Crippen molar-refractivity contribution in [3.05, 3.63) is 24.0 Å². The molecule has 0 amide bonds. The van der Waals surface area contributed by atoms with Crippen molar-refractivity contribution >= 4 is 5.97 Å². The van der Waals surface area contributed by atoms with Crippen molar-refractivity contribution in [2.24, 2.45) is 5.92 Å². The molecule has 0 aliphatic heterocycles. The predicted molar refractivity (Wildman–Crippen MR) is 49.4 cm³/mol. The number of hydrogen-bond donors (Lipinski definition) is 1. The summed E-state index contributed by atoms with van der Waals surface area (Å²) in [6.45, 7) is 0.615. The molecule has 1 aromatic rings. The van der Waals surface area contributed by atoms with Gasteiger partial charge in [-0.15, -0.1) is 0 Å². The molecule has 0 bridgehead atoms. The Labute approximate surface area is 81.5 Å². The van der Waals surface area contributed by atoms with Crippen LogP contribution in [0.1, 0.15) is 23.2 Å². The van der Waals surface area contributed by atoms with E-state index in [1.165, 1.54) is 25.2 Å². The first-order chi connectivity index (χ1) is 6.77. The zero-order valence-corrected chi connectivity index (χ0v) is 7.64. The Morgan fingerprint density at radius 3 is 3.07 bits per heavy atom. The van der Waals surface area contributed by atoms with Crippen molar-refractivity contribution < 1.29 is 14.6 Å². The summed E-state index contributed by atoms with van der Waals surface area (Å²) >= 11 is 0. The van der Waals surface area contributed by atoms with Gasteiger partial charge in [-0.05, 0) is 24.8 Å². The molecule has 0 atom stereocenters. The fourth-order valence-corrected chi connectivity index (χ4v) is 1.16. The summed E-state index contributed by atoms with van der Waals surface area (Å²) in [4.78, 5) is 14.5. The first kappa shape index (κ1) is 8.99. The maximum atomic E-state index is 10.8. The SMILES string of the molecule is O=C(O)c1cnccc1OCC1CC1. The molecule has 1 fully saturated rings. The van der Waals surface area contributed by atoms with Crippen LogP contribution in [-0.2, 0) is 0 Å². The van der Waals surface area contributed by atoms with Crippen molar-refractivity contribution in [2.45, 2.75) is 12.8 Å². The van der Waals surface area contributed by atoms with Crippen LogP contribution < -0.4 is 4.74 Å². The normalized spacial score (nSPS) is 15.1. The summed E-state index contributed by atoms with van der Waals surface area (Å²) < 4.78 is 5.40. The van der Waals surface area contributed by atoms with Gasteiger partial charge in [-0.3, -0.25) is 4.98 Å². The summed E-state index contributed by atoms with van der Waals surface area (Å²) in [5.74, 6) is 0.0353. The van der Waals surface area contributed by atoms with Gasteiger partial charge in [0, 0.05) is 12.4 Å². The molecule has 0 saturated heterocycles. The van der Waals surface area contributed by atoms with Crippen LogP contribution >= 0.6 is 0 Å². The van der Waals surface area contributed by atoms with E-state index in [4.69, 9.17) is 9.84 Å². The second kappa shape index (κ2) is 3.65. The molecule has 0 radical (unpaired) electrons. The van der Waals surface area contributed by atoms with E-state index in [2.05, 4.69) is 4.98 Å². The van der Waals surface area contributed by atoms with Gasteiger partial charge in [0.2, 0.25) is 0 Å². The molecule has 1 aromatic heterocycles. The number of rotatable bonds is 4. The Morgan fingerprint density at radius 1 is 1.64 bits per heavy atom. The minimum Gasteiger partial charge on any atom is -0.492 e. The average molecular weight is 193 g/mol.